The Kier molecular flexibility index (Phi) is 3.41. The molecule has 0 amide bonds. The number of rotatable bonds is 3. The highest BCUT2D eigenvalue weighted by atomic mass is 19.1. The molecule has 0 radical (unpaired) electrons. The van der Waals surface area contributed by atoms with Gasteiger partial charge in [0.15, 0.2) is 0 Å². The van der Waals surface area contributed by atoms with Crippen LogP contribution in [0.3, 0.4) is 0 Å². The van der Waals surface area contributed by atoms with E-state index in [2.05, 4.69) is 4.98 Å². The monoisotopic (exact) mass is 167 g/mol. The van der Waals surface area contributed by atoms with Gasteiger partial charge in [0.05, 0.1) is 5.69 Å². The van der Waals surface area contributed by atoms with E-state index in [0.29, 0.717) is 12.1 Å². The molecule has 0 fully saturated rings. The third-order valence-corrected chi connectivity index (χ3v) is 1.32. The van der Waals surface area contributed by atoms with Crippen LogP contribution in [0.5, 0.6) is 0 Å². The van der Waals surface area contributed by atoms with Gasteiger partial charge in [-0.1, -0.05) is 12.1 Å². The molecule has 1 heterocycles. The predicted octanol–water partition coefficient (Wildman–Crippen LogP) is 1.62. The minimum atomic E-state index is -0.485. The lowest BCUT2D eigenvalue weighted by Crippen LogP contribution is -1.84. The maximum Gasteiger partial charge on any atom is 0.213 e. The molecule has 64 valence electrons. The van der Waals surface area contributed by atoms with Gasteiger partial charge in [-0.05, 0) is 24.6 Å². The van der Waals surface area contributed by atoms with E-state index in [9.17, 15) is 4.39 Å². The van der Waals surface area contributed by atoms with E-state index in [-0.39, 0.29) is 6.61 Å². The first-order valence-electron chi connectivity index (χ1n) is 3.73. The first kappa shape index (κ1) is 8.87. The van der Waals surface area contributed by atoms with Crippen molar-refractivity contribution in [3.63, 3.8) is 0 Å². The van der Waals surface area contributed by atoms with Crippen molar-refractivity contribution in [1.82, 2.24) is 4.98 Å². The van der Waals surface area contributed by atoms with Gasteiger partial charge in [0.2, 0.25) is 5.95 Å². The summed E-state index contributed by atoms with van der Waals surface area (Å²) in [6.07, 6.45) is 4.00. The molecule has 0 aliphatic heterocycles. The number of hydrogen-bond acceptors (Lipinski definition) is 2. The summed E-state index contributed by atoms with van der Waals surface area (Å²) >= 11 is 0. The van der Waals surface area contributed by atoms with Crippen molar-refractivity contribution < 1.29 is 9.50 Å². The van der Waals surface area contributed by atoms with Crippen LogP contribution in [0.25, 0.3) is 6.08 Å². The van der Waals surface area contributed by atoms with E-state index in [1.807, 2.05) is 0 Å². The number of pyridine rings is 1. The van der Waals surface area contributed by atoms with Crippen LogP contribution in [0.2, 0.25) is 0 Å². The van der Waals surface area contributed by atoms with Crippen LogP contribution < -0.4 is 0 Å². The first-order valence-corrected chi connectivity index (χ1v) is 3.73. The molecule has 0 aliphatic rings. The minimum absolute atomic E-state index is 0.103. The Morgan fingerprint density at radius 2 is 2.33 bits per heavy atom. The third-order valence-electron chi connectivity index (χ3n) is 1.32. The molecule has 1 N–H and O–H groups in total. The lowest BCUT2D eigenvalue weighted by molar-refractivity contribution is 0.303. The fourth-order valence-corrected chi connectivity index (χ4v) is 0.795. The summed E-state index contributed by atoms with van der Waals surface area (Å²) < 4.78 is 12.5. The number of aliphatic hydroxyl groups is 1. The SMILES string of the molecule is OCCC=Cc1cccc(F)n1. The molecule has 3 heteroatoms. The average Bonchev–Trinajstić information content (AvgIpc) is 2.05. The van der Waals surface area contributed by atoms with E-state index in [4.69, 9.17) is 5.11 Å². The average molecular weight is 167 g/mol. The van der Waals surface area contributed by atoms with E-state index in [0.717, 1.165) is 0 Å². The standard InChI is InChI=1S/C9H10FNO/c10-9-6-3-5-8(11-9)4-1-2-7-12/h1,3-6,12H,2,7H2. The molecule has 1 aromatic rings. The van der Waals surface area contributed by atoms with Gasteiger partial charge < -0.3 is 5.11 Å². The highest BCUT2D eigenvalue weighted by Gasteiger charge is 1.90. The van der Waals surface area contributed by atoms with Gasteiger partial charge in [0.25, 0.3) is 0 Å². The first-order chi connectivity index (χ1) is 5.83. The molecule has 0 saturated heterocycles. The van der Waals surface area contributed by atoms with Crippen LogP contribution in [0.15, 0.2) is 24.3 Å². The second-order valence-electron chi connectivity index (χ2n) is 2.30. The summed E-state index contributed by atoms with van der Waals surface area (Å²) in [5, 5.41) is 8.45. The van der Waals surface area contributed by atoms with Crippen molar-refractivity contribution in [3.8, 4) is 0 Å². The Hall–Kier alpha value is -1.22. The highest BCUT2D eigenvalue weighted by molar-refractivity contribution is 5.43. The van der Waals surface area contributed by atoms with Crippen LogP contribution in [-0.2, 0) is 0 Å². The van der Waals surface area contributed by atoms with Crippen molar-refractivity contribution in [3.05, 3.63) is 35.9 Å². The van der Waals surface area contributed by atoms with E-state index in [1.54, 1.807) is 24.3 Å². The lowest BCUT2D eigenvalue weighted by atomic mass is 10.3. The van der Waals surface area contributed by atoms with Crippen molar-refractivity contribution in [1.29, 1.82) is 0 Å². The lowest BCUT2D eigenvalue weighted by Gasteiger charge is -1.91. The zero-order chi connectivity index (χ0) is 8.81. The van der Waals surface area contributed by atoms with Gasteiger partial charge in [0, 0.05) is 6.61 Å². The van der Waals surface area contributed by atoms with Crippen LogP contribution in [0.4, 0.5) is 4.39 Å². The number of hydrogen-bond donors (Lipinski definition) is 1. The molecule has 0 saturated carbocycles. The number of halogens is 1. The Morgan fingerprint density at radius 1 is 1.50 bits per heavy atom. The molecule has 2 nitrogen and oxygen atoms in total. The van der Waals surface area contributed by atoms with Gasteiger partial charge in [-0.25, -0.2) is 4.98 Å². The van der Waals surface area contributed by atoms with Crippen molar-refractivity contribution in [2.45, 2.75) is 6.42 Å². The largest absolute Gasteiger partial charge is 0.396 e. The summed E-state index contributed by atoms with van der Waals surface area (Å²) in [5.41, 5.74) is 0.573. The van der Waals surface area contributed by atoms with E-state index in [1.165, 1.54) is 6.07 Å². The molecule has 0 unspecified atom stereocenters. The Morgan fingerprint density at radius 3 is 3.00 bits per heavy atom. The Balaban J connectivity index is 2.63. The third kappa shape index (κ3) is 2.80. The topological polar surface area (TPSA) is 33.1 Å². The molecule has 0 bridgehead atoms. The summed E-state index contributed by atoms with van der Waals surface area (Å²) in [5.74, 6) is -0.485. The molecule has 0 aromatic carbocycles. The van der Waals surface area contributed by atoms with Crippen LogP contribution in [0.1, 0.15) is 12.1 Å². The van der Waals surface area contributed by atoms with Crippen molar-refractivity contribution in [2.24, 2.45) is 0 Å². The van der Waals surface area contributed by atoms with Gasteiger partial charge in [0.1, 0.15) is 0 Å². The molecule has 0 atom stereocenters. The summed E-state index contributed by atoms with van der Waals surface area (Å²) in [6, 6.07) is 4.60. The van der Waals surface area contributed by atoms with Gasteiger partial charge in [-0.15, -0.1) is 0 Å². The second-order valence-corrected chi connectivity index (χ2v) is 2.30. The number of nitrogens with zero attached hydrogens (tertiary/aromatic N) is 1. The predicted molar refractivity (Wildman–Crippen MR) is 44.9 cm³/mol. The number of aromatic nitrogens is 1. The molecule has 12 heavy (non-hydrogen) atoms. The zero-order valence-electron chi connectivity index (χ0n) is 6.57. The van der Waals surface area contributed by atoms with Gasteiger partial charge in [-0.3, -0.25) is 0 Å². The van der Waals surface area contributed by atoms with Crippen molar-refractivity contribution >= 4 is 6.08 Å². The molecule has 0 spiro atoms. The van der Waals surface area contributed by atoms with Crippen molar-refractivity contribution in [2.75, 3.05) is 6.61 Å². The highest BCUT2D eigenvalue weighted by Crippen LogP contribution is 2.00. The van der Waals surface area contributed by atoms with Gasteiger partial charge in [-0.2, -0.15) is 4.39 Å². The fourth-order valence-electron chi connectivity index (χ4n) is 0.795. The minimum Gasteiger partial charge on any atom is -0.396 e. The zero-order valence-corrected chi connectivity index (χ0v) is 6.57. The Bertz CT molecular complexity index is 273. The molecule has 1 rings (SSSR count). The Labute approximate surface area is 70.4 Å². The van der Waals surface area contributed by atoms with Crippen LogP contribution in [-0.4, -0.2) is 16.7 Å². The normalized spacial score (nSPS) is 10.8. The summed E-state index contributed by atoms with van der Waals surface area (Å²) in [6.45, 7) is 0.103. The quantitative estimate of drug-likeness (QED) is 0.694. The summed E-state index contributed by atoms with van der Waals surface area (Å²) in [7, 11) is 0. The molecule has 0 aliphatic carbocycles. The molecular formula is C9H10FNO. The van der Waals surface area contributed by atoms with Crippen LogP contribution >= 0.6 is 0 Å². The molecular weight excluding hydrogens is 157 g/mol. The van der Waals surface area contributed by atoms with Crippen LogP contribution in [0, 0.1) is 5.95 Å². The van der Waals surface area contributed by atoms with E-state index >= 15 is 0 Å². The van der Waals surface area contributed by atoms with Gasteiger partial charge >= 0.3 is 0 Å². The maximum absolute atomic E-state index is 12.5. The second kappa shape index (κ2) is 4.62. The van der Waals surface area contributed by atoms with E-state index < -0.39 is 5.95 Å². The summed E-state index contributed by atoms with van der Waals surface area (Å²) in [4.78, 5) is 3.61. The molecule has 1 aromatic heterocycles. The maximum atomic E-state index is 12.5. The smallest absolute Gasteiger partial charge is 0.213 e. The number of aliphatic hydroxyl groups excluding tert-OH is 1. The fraction of sp³-hybridized carbons (Fsp3) is 0.222.